The number of rotatable bonds is 4. The van der Waals surface area contributed by atoms with Gasteiger partial charge in [0.1, 0.15) is 0 Å². The van der Waals surface area contributed by atoms with Gasteiger partial charge in [0, 0.05) is 23.3 Å². The first kappa shape index (κ1) is 20.5. The number of anilines is 1. The Labute approximate surface area is 179 Å². The third-order valence-electron chi connectivity index (χ3n) is 5.08. The van der Waals surface area contributed by atoms with E-state index in [2.05, 4.69) is 0 Å². The second-order valence-electron chi connectivity index (χ2n) is 7.19. The number of para-hydroxylation sites is 1. The van der Waals surface area contributed by atoms with Gasteiger partial charge in [0.25, 0.3) is 15.7 Å². The molecule has 8 heteroatoms. The molecule has 0 N–H and O–H groups in total. The maximum Gasteiger partial charge on any atom is 0.269 e. The predicted octanol–water partition coefficient (Wildman–Crippen LogP) is 4.38. The van der Waals surface area contributed by atoms with Gasteiger partial charge < -0.3 is 0 Å². The summed E-state index contributed by atoms with van der Waals surface area (Å²) in [5.74, 6) is -0.274. The number of carbonyl (C=O) groups is 1. The number of ketones is 1. The number of hydrogen-bond acceptors (Lipinski definition) is 5. The normalized spacial score (nSPS) is 15.1. The molecule has 3 aromatic carbocycles. The van der Waals surface area contributed by atoms with Gasteiger partial charge in [0.2, 0.25) is 0 Å². The first-order valence-electron chi connectivity index (χ1n) is 9.45. The Morgan fingerprint density at radius 2 is 1.61 bits per heavy atom. The summed E-state index contributed by atoms with van der Waals surface area (Å²) < 4.78 is 28.0. The van der Waals surface area contributed by atoms with Crippen molar-refractivity contribution in [2.75, 3.05) is 10.8 Å². The number of fused-ring (bicyclic) bond motifs is 1. The number of nitrogens with zero attached hydrogens (tertiary/aromatic N) is 2. The number of carbonyl (C=O) groups excluding carboxylic acids is 1. The minimum Gasteiger partial charge on any atom is -0.289 e. The minimum absolute atomic E-state index is 0.0639. The van der Waals surface area contributed by atoms with Crippen molar-refractivity contribution < 1.29 is 18.1 Å². The lowest BCUT2D eigenvalue weighted by Gasteiger charge is -2.31. The monoisotopic (exact) mass is 434 g/mol. The lowest BCUT2D eigenvalue weighted by Crippen LogP contribution is -2.38. The summed E-state index contributed by atoms with van der Waals surface area (Å²) in [6.45, 7) is 1.74. The molecule has 1 heterocycles. The van der Waals surface area contributed by atoms with Crippen molar-refractivity contribution in [3.63, 3.8) is 0 Å². The maximum absolute atomic E-state index is 13.4. The largest absolute Gasteiger partial charge is 0.289 e. The van der Waals surface area contributed by atoms with Crippen molar-refractivity contribution in [2.24, 2.45) is 0 Å². The average Bonchev–Trinajstić information content (AvgIpc) is 2.76. The standard InChI is InChI=1S/C23H18N2O5S/c1-16-6-12-20(13-7-16)31(29,30)24-15-18(23(26)21-4-2-3-5-22(21)24)14-17-8-10-19(11-9-17)25(27)28/h2-14H,15H2,1H3. The van der Waals surface area contributed by atoms with Gasteiger partial charge in [-0.1, -0.05) is 29.8 Å². The van der Waals surface area contributed by atoms with E-state index < -0.39 is 14.9 Å². The van der Waals surface area contributed by atoms with Gasteiger partial charge >= 0.3 is 0 Å². The van der Waals surface area contributed by atoms with E-state index in [-0.39, 0.29) is 34.0 Å². The highest BCUT2D eigenvalue weighted by Crippen LogP contribution is 2.34. The van der Waals surface area contributed by atoms with Crippen LogP contribution in [0.5, 0.6) is 0 Å². The molecule has 0 unspecified atom stereocenters. The summed E-state index contributed by atoms with van der Waals surface area (Å²) in [6.07, 6.45) is 1.57. The number of Topliss-reactive ketones (excluding diaryl/α,β-unsaturated/α-hetero) is 1. The van der Waals surface area contributed by atoms with Gasteiger partial charge in [0.05, 0.1) is 22.1 Å². The van der Waals surface area contributed by atoms with Crippen LogP contribution in [0.25, 0.3) is 6.08 Å². The SMILES string of the molecule is Cc1ccc(S(=O)(=O)N2CC(=Cc3ccc([N+](=O)[O-])cc3)C(=O)c3ccccc32)cc1. The molecule has 7 nitrogen and oxygen atoms in total. The molecule has 0 amide bonds. The zero-order valence-corrected chi connectivity index (χ0v) is 17.4. The molecule has 1 aliphatic rings. The van der Waals surface area contributed by atoms with Crippen LogP contribution in [-0.2, 0) is 10.0 Å². The molecule has 4 rings (SSSR count). The van der Waals surface area contributed by atoms with Crippen molar-refractivity contribution in [1.29, 1.82) is 0 Å². The smallest absolute Gasteiger partial charge is 0.269 e. The van der Waals surface area contributed by atoms with E-state index in [0.717, 1.165) is 5.56 Å². The van der Waals surface area contributed by atoms with Gasteiger partial charge in [-0.25, -0.2) is 8.42 Å². The Balaban J connectivity index is 1.80. The molecule has 0 radical (unpaired) electrons. The molecule has 0 atom stereocenters. The Bertz CT molecular complexity index is 1310. The third-order valence-corrected chi connectivity index (χ3v) is 6.85. The van der Waals surface area contributed by atoms with Crippen LogP contribution in [-0.4, -0.2) is 25.7 Å². The van der Waals surface area contributed by atoms with Gasteiger partial charge in [-0.3, -0.25) is 19.2 Å². The first-order valence-corrected chi connectivity index (χ1v) is 10.9. The molecule has 0 aromatic heterocycles. The molecule has 0 fully saturated rings. The molecule has 0 bridgehead atoms. The zero-order chi connectivity index (χ0) is 22.2. The average molecular weight is 434 g/mol. The summed E-state index contributed by atoms with van der Waals surface area (Å²) in [6, 6.07) is 18.9. The highest BCUT2D eigenvalue weighted by atomic mass is 32.2. The Kier molecular flexibility index (Phi) is 5.16. The van der Waals surface area contributed by atoms with E-state index in [4.69, 9.17) is 0 Å². The quantitative estimate of drug-likeness (QED) is 0.345. The Morgan fingerprint density at radius 1 is 0.968 bits per heavy atom. The van der Waals surface area contributed by atoms with Gasteiger partial charge in [-0.05, 0) is 55.0 Å². The fourth-order valence-corrected chi connectivity index (χ4v) is 4.89. The number of nitro benzene ring substituents is 1. The third kappa shape index (κ3) is 3.85. The Morgan fingerprint density at radius 3 is 2.26 bits per heavy atom. The second kappa shape index (κ2) is 7.81. The van der Waals surface area contributed by atoms with Gasteiger partial charge in [-0.2, -0.15) is 0 Å². The molecule has 0 saturated heterocycles. The number of nitro groups is 1. The van der Waals surface area contributed by atoms with Crippen LogP contribution in [0.2, 0.25) is 0 Å². The summed E-state index contributed by atoms with van der Waals surface area (Å²) in [5.41, 5.74) is 2.34. The predicted molar refractivity (Wildman–Crippen MR) is 118 cm³/mol. The van der Waals surface area contributed by atoms with E-state index >= 15 is 0 Å². The van der Waals surface area contributed by atoms with Crippen LogP contribution in [0.1, 0.15) is 21.5 Å². The van der Waals surface area contributed by atoms with Gasteiger partial charge in [0.15, 0.2) is 5.78 Å². The van der Waals surface area contributed by atoms with E-state index in [9.17, 15) is 23.3 Å². The van der Waals surface area contributed by atoms with Crippen LogP contribution in [0, 0.1) is 17.0 Å². The summed E-state index contributed by atoms with van der Waals surface area (Å²) in [7, 11) is -3.91. The highest BCUT2D eigenvalue weighted by Gasteiger charge is 2.34. The highest BCUT2D eigenvalue weighted by molar-refractivity contribution is 7.92. The molecule has 0 saturated carbocycles. The first-order chi connectivity index (χ1) is 14.8. The number of benzene rings is 3. The molecule has 31 heavy (non-hydrogen) atoms. The van der Waals surface area contributed by atoms with Crippen LogP contribution in [0.4, 0.5) is 11.4 Å². The number of sulfonamides is 1. The van der Waals surface area contributed by atoms with Crippen molar-refractivity contribution >= 4 is 33.3 Å². The molecule has 3 aromatic rings. The topological polar surface area (TPSA) is 97.6 Å². The fraction of sp³-hybridized carbons (Fsp3) is 0.0870. The lowest BCUT2D eigenvalue weighted by atomic mass is 9.96. The molecule has 0 aliphatic carbocycles. The number of hydrogen-bond donors (Lipinski definition) is 0. The van der Waals surface area contributed by atoms with Crippen molar-refractivity contribution in [3.8, 4) is 0 Å². The van der Waals surface area contributed by atoms with Crippen LogP contribution in [0.3, 0.4) is 0 Å². The number of non-ortho nitro benzene ring substituents is 1. The molecule has 156 valence electrons. The van der Waals surface area contributed by atoms with Crippen molar-refractivity contribution in [3.05, 3.63) is 105 Å². The van der Waals surface area contributed by atoms with Crippen molar-refractivity contribution in [2.45, 2.75) is 11.8 Å². The van der Waals surface area contributed by atoms with Crippen LogP contribution < -0.4 is 4.31 Å². The molecular formula is C23H18N2O5S. The number of aryl methyl sites for hydroxylation is 1. The van der Waals surface area contributed by atoms with Crippen molar-refractivity contribution in [1.82, 2.24) is 0 Å². The maximum atomic E-state index is 13.4. The summed E-state index contributed by atoms with van der Waals surface area (Å²) >= 11 is 0. The molecule has 1 aliphatic heterocycles. The van der Waals surface area contributed by atoms with E-state index in [0.29, 0.717) is 11.3 Å². The Hall–Kier alpha value is -3.78. The zero-order valence-electron chi connectivity index (χ0n) is 16.6. The second-order valence-corrected chi connectivity index (χ2v) is 9.05. The summed E-state index contributed by atoms with van der Waals surface area (Å²) in [4.78, 5) is 23.5. The lowest BCUT2D eigenvalue weighted by molar-refractivity contribution is -0.384. The van der Waals surface area contributed by atoms with E-state index in [1.807, 2.05) is 6.92 Å². The van der Waals surface area contributed by atoms with E-state index in [1.165, 1.54) is 28.6 Å². The molecule has 0 spiro atoms. The fourth-order valence-electron chi connectivity index (χ4n) is 3.42. The summed E-state index contributed by atoms with van der Waals surface area (Å²) in [5, 5.41) is 10.9. The minimum atomic E-state index is -3.91. The van der Waals surface area contributed by atoms with Crippen LogP contribution in [0.15, 0.2) is 83.3 Å². The molecular weight excluding hydrogens is 416 g/mol. The van der Waals surface area contributed by atoms with Crippen LogP contribution >= 0.6 is 0 Å². The van der Waals surface area contributed by atoms with E-state index in [1.54, 1.807) is 54.6 Å². The van der Waals surface area contributed by atoms with Gasteiger partial charge in [-0.15, -0.1) is 0 Å².